The van der Waals surface area contributed by atoms with Crippen molar-refractivity contribution in [2.75, 3.05) is 12.3 Å². The molecule has 0 saturated carbocycles. The zero-order valence-corrected chi connectivity index (χ0v) is 12.4. The molecule has 1 unspecified atom stereocenters. The van der Waals surface area contributed by atoms with Crippen LogP contribution in [0.1, 0.15) is 45.7 Å². The molecule has 0 fully saturated rings. The Bertz CT molecular complexity index is 368. The second kappa shape index (κ2) is 7.59. The first-order valence-corrected chi connectivity index (χ1v) is 7.11. The van der Waals surface area contributed by atoms with Gasteiger partial charge in [0.1, 0.15) is 5.82 Å². The van der Waals surface area contributed by atoms with Crippen molar-refractivity contribution in [3.63, 3.8) is 0 Å². The number of nitrogens with two attached hydrogens (primary N) is 1. The minimum atomic E-state index is 0.536. The highest BCUT2D eigenvalue weighted by atomic mass is 35.5. The van der Waals surface area contributed by atoms with Gasteiger partial charge in [0.05, 0.1) is 10.7 Å². The number of aromatic nitrogens is 1. The van der Waals surface area contributed by atoms with Crippen molar-refractivity contribution in [1.82, 2.24) is 9.88 Å². The minimum absolute atomic E-state index is 0.536. The topological polar surface area (TPSA) is 42.2 Å². The van der Waals surface area contributed by atoms with Gasteiger partial charge in [-0.2, -0.15) is 0 Å². The maximum absolute atomic E-state index is 6.18. The van der Waals surface area contributed by atoms with Crippen LogP contribution in [0.25, 0.3) is 0 Å². The molecule has 0 amide bonds. The van der Waals surface area contributed by atoms with Gasteiger partial charge in [0.25, 0.3) is 0 Å². The molecule has 18 heavy (non-hydrogen) atoms. The summed E-state index contributed by atoms with van der Waals surface area (Å²) in [6.45, 7) is 8.52. The maximum atomic E-state index is 6.18. The van der Waals surface area contributed by atoms with Crippen LogP contribution in [0.2, 0.25) is 5.02 Å². The van der Waals surface area contributed by atoms with Gasteiger partial charge in [0.15, 0.2) is 0 Å². The Kier molecular flexibility index (Phi) is 6.44. The standard InChI is InChI=1S/C14H24ClN3/c1-4-6-9-18(11(3)5-2)10-13-12(15)7-8-14(16)17-13/h7-8,11H,4-6,9-10H2,1-3H3,(H2,16,17). The zero-order valence-electron chi connectivity index (χ0n) is 11.6. The first-order chi connectivity index (χ1) is 8.58. The molecular formula is C14H24ClN3. The van der Waals surface area contributed by atoms with Crippen LogP contribution in [0.4, 0.5) is 5.82 Å². The molecule has 0 saturated heterocycles. The lowest BCUT2D eigenvalue weighted by Gasteiger charge is -2.28. The van der Waals surface area contributed by atoms with Crippen molar-refractivity contribution < 1.29 is 0 Å². The molecule has 0 aliphatic heterocycles. The first kappa shape index (κ1) is 15.3. The van der Waals surface area contributed by atoms with Gasteiger partial charge in [-0.15, -0.1) is 0 Å². The Balaban J connectivity index is 2.77. The number of nitrogen functional groups attached to an aromatic ring is 1. The number of rotatable bonds is 7. The van der Waals surface area contributed by atoms with E-state index >= 15 is 0 Å². The third kappa shape index (κ3) is 4.46. The molecule has 1 aromatic heterocycles. The number of anilines is 1. The van der Waals surface area contributed by atoms with Crippen LogP contribution in [-0.4, -0.2) is 22.5 Å². The van der Waals surface area contributed by atoms with Crippen molar-refractivity contribution in [3.05, 3.63) is 22.8 Å². The fraction of sp³-hybridized carbons (Fsp3) is 0.643. The summed E-state index contributed by atoms with van der Waals surface area (Å²) < 4.78 is 0. The van der Waals surface area contributed by atoms with Gasteiger partial charge >= 0.3 is 0 Å². The fourth-order valence-corrected chi connectivity index (χ4v) is 2.04. The summed E-state index contributed by atoms with van der Waals surface area (Å²) >= 11 is 6.18. The fourth-order valence-electron chi connectivity index (χ4n) is 1.88. The summed E-state index contributed by atoms with van der Waals surface area (Å²) in [5, 5.41) is 0.703. The molecule has 4 heteroatoms. The van der Waals surface area contributed by atoms with Crippen LogP contribution in [0, 0.1) is 0 Å². The van der Waals surface area contributed by atoms with E-state index in [1.165, 1.54) is 12.8 Å². The lowest BCUT2D eigenvalue weighted by molar-refractivity contribution is 0.190. The summed E-state index contributed by atoms with van der Waals surface area (Å²) in [5.41, 5.74) is 6.61. The molecule has 0 radical (unpaired) electrons. The molecule has 3 nitrogen and oxygen atoms in total. The van der Waals surface area contributed by atoms with Crippen molar-refractivity contribution in [3.8, 4) is 0 Å². The molecular weight excluding hydrogens is 246 g/mol. The van der Waals surface area contributed by atoms with Gasteiger partial charge in [0.2, 0.25) is 0 Å². The number of unbranched alkanes of at least 4 members (excludes halogenated alkanes) is 1. The van der Waals surface area contributed by atoms with E-state index in [1.54, 1.807) is 6.07 Å². The lowest BCUT2D eigenvalue weighted by atomic mass is 10.2. The Morgan fingerprint density at radius 2 is 2.11 bits per heavy atom. The molecule has 0 aliphatic carbocycles. The van der Waals surface area contributed by atoms with Gasteiger partial charge in [0, 0.05) is 12.6 Å². The molecule has 1 aromatic rings. The molecule has 2 N–H and O–H groups in total. The van der Waals surface area contributed by atoms with E-state index < -0.39 is 0 Å². The Labute approximate surface area is 115 Å². The highest BCUT2D eigenvalue weighted by Crippen LogP contribution is 2.19. The zero-order chi connectivity index (χ0) is 13.5. The van der Waals surface area contributed by atoms with E-state index in [4.69, 9.17) is 17.3 Å². The number of hydrogen-bond acceptors (Lipinski definition) is 3. The third-order valence-electron chi connectivity index (χ3n) is 3.31. The molecule has 102 valence electrons. The largest absolute Gasteiger partial charge is 0.384 e. The SMILES string of the molecule is CCCCN(Cc1nc(N)ccc1Cl)C(C)CC. The Morgan fingerprint density at radius 3 is 2.72 bits per heavy atom. The highest BCUT2D eigenvalue weighted by Gasteiger charge is 2.14. The van der Waals surface area contributed by atoms with Crippen molar-refractivity contribution in [1.29, 1.82) is 0 Å². The van der Waals surface area contributed by atoms with Crippen LogP contribution in [0.15, 0.2) is 12.1 Å². The van der Waals surface area contributed by atoms with Gasteiger partial charge < -0.3 is 5.73 Å². The van der Waals surface area contributed by atoms with Crippen LogP contribution in [-0.2, 0) is 6.54 Å². The number of hydrogen-bond donors (Lipinski definition) is 1. The second-order valence-corrected chi connectivity index (χ2v) is 5.15. The maximum Gasteiger partial charge on any atom is 0.123 e. The number of nitrogens with zero attached hydrogens (tertiary/aromatic N) is 2. The van der Waals surface area contributed by atoms with Gasteiger partial charge in [-0.1, -0.05) is 31.9 Å². The summed E-state index contributed by atoms with van der Waals surface area (Å²) in [4.78, 5) is 6.77. The van der Waals surface area contributed by atoms with E-state index in [9.17, 15) is 0 Å². The Hall–Kier alpha value is -0.800. The van der Waals surface area contributed by atoms with Crippen LogP contribution in [0.3, 0.4) is 0 Å². The van der Waals surface area contributed by atoms with E-state index in [0.29, 0.717) is 16.9 Å². The molecule has 0 aliphatic rings. The van der Waals surface area contributed by atoms with Crippen molar-refractivity contribution in [2.45, 2.75) is 52.6 Å². The Morgan fingerprint density at radius 1 is 1.39 bits per heavy atom. The molecule has 0 bridgehead atoms. The van der Waals surface area contributed by atoms with Gasteiger partial charge in [-0.05, 0) is 38.4 Å². The van der Waals surface area contributed by atoms with E-state index in [-0.39, 0.29) is 0 Å². The summed E-state index contributed by atoms with van der Waals surface area (Å²) in [7, 11) is 0. The van der Waals surface area contributed by atoms with Crippen LogP contribution < -0.4 is 5.73 Å². The summed E-state index contributed by atoms with van der Waals surface area (Å²) in [6, 6.07) is 4.11. The third-order valence-corrected chi connectivity index (χ3v) is 3.65. The predicted octanol–water partition coefficient (Wildman–Crippen LogP) is 3.72. The normalized spacial score (nSPS) is 12.9. The molecule has 1 rings (SSSR count). The minimum Gasteiger partial charge on any atom is -0.384 e. The molecule has 0 spiro atoms. The van der Waals surface area contributed by atoms with Gasteiger partial charge in [-0.25, -0.2) is 4.98 Å². The highest BCUT2D eigenvalue weighted by molar-refractivity contribution is 6.31. The van der Waals surface area contributed by atoms with E-state index in [2.05, 4.69) is 30.7 Å². The number of pyridine rings is 1. The summed E-state index contributed by atoms with van der Waals surface area (Å²) in [5.74, 6) is 0.536. The smallest absolute Gasteiger partial charge is 0.123 e. The van der Waals surface area contributed by atoms with E-state index in [0.717, 1.165) is 25.2 Å². The summed E-state index contributed by atoms with van der Waals surface area (Å²) in [6.07, 6.45) is 3.53. The van der Waals surface area contributed by atoms with Crippen LogP contribution in [0.5, 0.6) is 0 Å². The second-order valence-electron chi connectivity index (χ2n) is 4.75. The molecule has 1 heterocycles. The predicted molar refractivity (Wildman–Crippen MR) is 78.7 cm³/mol. The van der Waals surface area contributed by atoms with E-state index in [1.807, 2.05) is 6.07 Å². The quantitative estimate of drug-likeness (QED) is 0.820. The van der Waals surface area contributed by atoms with Crippen molar-refractivity contribution in [2.24, 2.45) is 0 Å². The monoisotopic (exact) mass is 269 g/mol. The van der Waals surface area contributed by atoms with Crippen molar-refractivity contribution >= 4 is 17.4 Å². The number of halogens is 1. The average molecular weight is 270 g/mol. The van der Waals surface area contributed by atoms with Crippen LogP contribution >= 0.6 is 11.6 Å². The first-order valence-electron chi connectivity index (χ1n) is 6.73. The molecule has 0 aromatic carbocycles. The molecule has 1 atom stereocenters. The van der Waals surface area contributed by atoms with Gasteiger partial charge in [-0.3, -0.25) is 4.90 Å². The average Bonchev–Trinajstić information content (AvgIpc) is 2.37. The lowest BCUT2D eigenvalue weighted by Crippen LogP contribution is -2.33.